The van der Waals surface area contributed by atoms with Crippen LogP contribution < -0.4 is 0 Å². The van der Waals surface area contributed by atoms with Crippen LogP contribution in [0.3, 0.4) is 0 Å². The van der Waals surface area contributed by atoms with Crippen LogP contribution in [0.15, 0.2) is 84.1 Å². The van der Waals surface area contributed by atoms with Crippen molar-refractivity contribution in [3.8, 4) is 0 Å². The smallest absolute Gasteiger partial charge is 0.269 e. The van der Waals surface area contributed by atoms with Crippen molar-refractivity contribution in [2.75, 3.05) is 0 Å². The molecule has 0 radical (unpaired) electrons. The lowest BCUT2D eigenvalue weighted by Gasteiger charge is -2.07. The number of aromatic nitrogens is 1. The maximum Gasteiger partial charge on any atom is 0.269 e. The molecule has 2 atom stereocenters. The number of nitrogens with zero attached hydrogens (tertiary/aromatic N) is 3. The van der Waals surface area contributed by atoms with Gasteiger partial charge in [-0.25, -0.2) is 0 Å². The summed E-state index contributed by atoms with van der Waals surface area (Å²) in [6.07, 6.45) is 2.77. The largest absolute Gasteiger partial charge is 0.391 e. The van der Waals surface area contributed by atoms with E-state index in [1.165, 1.54) is 17.7 Å². The van der Waals surface area contributed by atoms with E-state index in [0.29, 0.717) is 5.92 Å². The Morgan fingerprint density at radius 3 is 2.50 bits per heavy atom. The van der Waals surface area contributed by atoms with Gasteiger partial charge in [-0.2, -0.15) is 0 Å². The number of hydrogen-bond donors (Lipinski definition) is 0. The van der Waals surface area contributed by atoms with Crippen LogP contribution in [-0.2, 0) is 11.4 Å². The molecule has 0 saturated heterocycles. The summed E-state index contributed by atoms with van der Waals surface area (Å²) in [5.74, 6) is 0.694. The molecular formula is C22H19N3O3. The van der Waals surface area contributed by atoms with Gasteiger partial charge >= 0.3 is 0 Å². The van der Waals surface area contributed by atoms with Crippen molar-refractivity contribution in [2.24, 2.45) is 11.1 Å². The summed E-state index contributed by atoms with van der Waals surface area (Å²) in [4.78, 5) is 20.4. The van der Waals surface area contributed by atoms with Crippen molar-refractivity contribution in [2.45, 2.75) is 18.9 Å². The number of nitro benzene ring substituents is 1. The zero-order chi connectivity index (χ0) is 19.3. The van der Waals surface area contributed by atoms with Gasteiger partial charge in [-0.15, -0.1) is 0 Å². The van der Waals surface area contributed by atoms with Crippen molar-refractivity contribution in [1.29, 1.82) is 0 Å². The van der Waals surface area contributed by atoms with Crippen LogP contribution in [-0.4, -0.2) is 15.6 Å². The van der Waals surface area contributed by atoms with E-state index in [1.807, 2.05) is 36.4 Å². The summed E-state index contributed by atoms with van der Waals surface area (Å²) in [6, 6.07) is 22.4. The molecule has 0 amide bonds. The Balaban J connectivity index is 1.49. The molecule has 4 rings (SSSR count). The van der Waals surface area contributed by atoms with E-state index in [1.54, 1.807) is 18.3 Å². The van der Waals surface area contributed by atoms with E-state index in [-0.39, 0.29) is 18.2 Å². The van der Waals surface area contributed by atoms with Crippen LogP contribution in [0.25, 0.3) is 0 Å². The Labute approximate surface area is 162 Å². The Hall–Kier alpha value is -3.54. The first-order chi connectivity index (χ1) is 13.7. The standard InChI is InChI=1S/C22H19N3O3/c26-25(27)18-11-9-16(10-12-18)15-28-24-22(21-8-4-5-13-23-21)20-14-19(20)17-6-2-1-3-7-17/h1-13,19-20H,14-15H2/b24-22+/t19-,20+/m1/s1. The minimum atomic E-state index is -0.418. The van der Waals surface area contributed by atoms with Crippen LogP contribution in [0, 0.1) is 16.0 Å². The number of benzene rings is 2. The number of non-ortho nitro benzene ring substituents is 1. The number of oxime groups is 1. The fourth-order valence-electron chi connectivity index (χ4n) is 3.27. The molecule has 0 unspecified atom stereocenters. The fraction of sp³-hybridized carbons (Fsp3) is 0.182. The zero-order valence-corrected chi connectivity index (χ0v) is 15.1. The van der Waals surface area contributed by atoms with Gasteiger partial charge in [0.2, 0.25) is 0 Å². The zero-order valence-electron chi connectivity index (χ0n) is 15.1. The third kappa shape index (κ3) is 4.06. The molecule has 2 aromatic carbocycles. The first-order valence-electron chi connectivity index (χ1n) is 9.12. The Morgan fingerprint density at radius 1 is 1.07 bits per heavy atom. The molecule has 0 bridgehead atoms. The molecular weight excluding hydrogens is 354 g/mol. The highest BCUT2D eigenvalue weighted by Gasteiger charge is 2.43. The van der Waals surface area contributed by atoms with Crippen molar-refractivity contribution in [3.05, 3.63) is 106 Å². The van der Waals surface area contributed by atoms with E-state index >= 15 is 0 Å². The summed E-state index contributed by atoms with van der Waals surface area (Å²) in [6.45, 7) is 0.247. The van der Waals surface area contributed by atoms with Crippen molar-refractivity contribution in [3.63, 3.8) is 0 Å². The minimum absolute atomic E-state index is 0.0603. The van der Waals surface area contributed by atoms with Gasteiger partial charge in [0.1, 0.15) is 12.3 Å². The summed E-state index contributed by atoms with van der Waals surface area (Å²) in [7, 11) is 0. The van der Waals surface area contributed by atoms with Gasteiger partial charge in [0, 0.05) is 24.2 Å². The van der Waals surface area contributed by atoms with Gasteiger partial charge in [-0.3, -0.25) is 15.1 Å². The lowest BCUT2D eigenvalue weighted by atomic mass is 10.1. The van der Waals surface area contributed by atoms with Crippen molar-refractivity contribution < 1.29 is 9.76 Å². The van der Waals surface area contributed by atoms with Gasteiger partial charge < -0.3 is 4.84 Å². The summed E-state index contributed by atoms with van der Waals surface area (Å²) >= 11 is 0. The first kappa shape index (κ1) is 17.9. The molecule has 1 aliphatic carbocycles. The summed E-state index contributed by atoms with van der Waals surface area (Å²) in [5.41, 5.74) is 3.84. The maximum absolute atomic E-state index is 10.7. The average molecular weight is 373 g/mol. The summed E-state index contributed by atoms with van der Waals surface area (Å²) in [5, 5.41) is 15.2. The fourth-order valence-corrected chi connectivity index (χ4v) is 3.27. The van der Waals surface area contributed by atoms with Gasteiger partial charge in [-0.05, 0) is 47.7 Å². The Bertz CT molecular complexity index is 973. The molecule has 1 aromatic heterocycles. The SMILES string of the molecule is O=[N+]([O-])c1ccc(CO/N=C(/c2ccccn2)[C@H]2C[C@@H]2c2ccccc2)cc1. The van der Waals surface area contributed by atoms with E-state index in [0.717, 1.165) is 23.4 Å². The monoisotopic (exact) mass is 373 g/mol. The molecule has 28 heavy (non-hydrogen) atoms. The molecule has 0 N–H and O–H groups in total. The second-order valence-electron chi connectivity index (χ2n) is 6.75. The molecule has 1 fully saturated rings. The molecule has 0 aliphatic heterocycles. The topological polar surface area (TPSA) is 77.6 Å². The van der Waals surface area contributed by atoms with E-state index in [2.05, 4.69) is 22.3 Å². The normalized spacial score (nSPS) is 18.5. The lowest BCUT2D eigenvalue weighted by molar-refractivity contribution is -0.384. The minimum Gasteiger partial charge on any atom is -0.391 e. The highest BCUT2D eigenvalue weighted by Crippen LogP contribution is 2.49. The first-order valence-corrected chi connectivity index (χ1v) is 9.12. The molecule has 1 aliphatic rings. The van der Waals surface area contributed by atoms with Crippen LogP contribution in [0.2, 0.25) is 0 Å². The van der Waals surface area contributed by atoms with E-state index in [4.69, 9.17) is 4.84 Å². The third-order valence-corrected chi connectivity index (χ3v) is 4.84. The Kier molecular flexibility index (Phi) is 5.10. The number of nitro groups is 1. The molecule has 0 spiro atoms. The van der Waals surface area contributed by atoms with Crippen LogP contribution in [0.1, 0.15) is 29.2 Å². The van der Waals surface area contributed by atoms with Crippen molar-refractivity contribution in [1.82, 2.24) is 4.98 Å². The van der Waals surface area contributed by atoms with Gasteiger partial charge in [-0.1, -0.05) is 41.6 Å². The third-order valence-electron chi connectivity index (χ3n) is 4.84. The highest BCUT2D eigenvalue weighted by atomic mass is 16.6. The van der Waals surface area contributed by atoms with E-state index < -0.39 is 4.92 Å². The second-order valence-corrected chi connectivity index (χ2v) is 6.75. The molecule has 6 nitrogen and oxygen atoms in total. The predicted molar refractivity (Wildman–Crippen MR) is 106 cm³/mol. The molecule has 1 saturated carbocycles. The van der Waals surface area contributed by atoms with Crippen molar-refractivity contribution >= 4 is 11.4 Å². The highest BCUT2D eigenvalue weighted by molar-refractivity contribution is 6.02. The predicted octanol–water partition coefficient (Wildman–Crippen LogP) is 4.71. The second kappa shape index (κ2) is 8.00. The molecule has 6 heteroatoms. The number of hydrogen-bond acceptors (Lipinski definition) is 5. The van der Waals surface area contributed by atoms with Crippen LogP contribution in [0.4, 0.5) is 5.69 Å². The van der Waals surface area contributed by atoms with Crippen LogP contribution >= 0.6 is 0 Å². The van der Waals surface area contributed by atoms with Gasteiger partial charge in [0.15, 0.2) is 0 Å². The van der Waals surface area contributed by atoms with E-state index in [9.17, 15) is 10.1 Å². The van der Waals surface area contributed by atoms with Gasteiger partial charge in [0.25, 0.3) is 5.69 Å². The average Bonchev–Trinajstić information content (AvgIpc) is 3.53. The molecule has 3 aromatic rings. The molecule has 1 heterocycles. The number of pyridine rings is 1. The summed E-state index contributed by atoms with van der Waals surface area (Å²) < 4.78 is 0. The van der Waals surface area contributed by atoms with Gasteiger partial charge in [0.05, 0.1) is 10.6 Å². The number of rotatable bonds is 7. The quantitative estimate of drug-likeness (QED) is 0.341. The molecule has 140 valence electrons. The Morgan fingerprint density at radius 2 is 1.82 bits per heavy atom. The lowest BCUT2D eigenvalue weighted by Crippen LogP contribution is -2.08. The van der Waals surface area contributed by atoms with Crippen LogP contribution in [0.5, 0.6) is 0 Å². The maximum atomic E-state index is 10.7.